The molecule has 0 aliphatic carbocycles. The molecule has 1 unspecified atom stereocenters. The van der Waals surface area contributed by atoms with Crippen LogP contribution >= 0.6 is 0 Å². The van der Waals surface area contributed by atoms with E-state index in [-0.39, 0.29) is 12.3 Å². The lowest BCUT2D eigenvalue weighted by Crippen LogP contribution is -2.33. The molecule has 2 rings (SSSR count). The van der Waals surface area contributed by atoms with Gasteiger partial charge in [0.25, 0.3) is 5.91 Å². The van der Waals surface area contributed by atoms with Gasteiger partial charge in [-0.25, -0.2) is 4.79 Å². The molecule has 20 heavy (non-hydrogen) atoms. The Balaban J connectivity index is 2.03. The van der Waals surface area contributed by atoms with Gasteiger partial charge < -0.3 is 15.4 Å². The van der Waals surface area contributed by atoms with E-state index in [0.717, 1.165) is 5.56 Å². The van der Waals surface area contributed by atoms with Crippen LogP contribution in [-0.4, -0.2) is 31.0 Å². The number of benzene rings is 1. The molecule has 3 N–H and O–H groups in total. The number of amides is 4. The lowest BCUT2D eigenvalue weighted by atomic mass is 10.1. The summed E-state index contributed by atoms with van der Waals surface area (Å²) in [6.07, 6.45) is -0.130. The number of carbonyl (C=O) groups excluding carboxylic acids is 3. The summed E-state index contributed by atoms with van der Waals surface area (Å²) in [6.45, 7) is 1.89. The van der Waals surface area contributed by atoms with E-state index in [0.29, 0.717) is 11.4 Å². The van der Waals surface area contributed by atoms with Crippen molar-refractivity contribution in [3.8, 4) is 5.75 Å². The number of imide groups is 1. The molecule has 7 heteroatoms. The summed E-state index contributed by atoms with van der Waals surface area (Å²) < 4.78 is 5.15. The predicted molar refractivity (Wildman–Crippen MR) is 71.4 cm³/mol. The first-order valence-corrected chi connectivity index (χ1v) is 6.05. The van der Waals surface area contributed by atoms with Crippen LogP contribution in [0.4, 0.5) is 10.5 Å². The van der Waals surface area contributed by atoms with Crippen molar-refractivity contribution in [1.29, 1.82) is 0 Å². The SMILES string of the molecule is COc1ccc(C)cc1NC(=O)CC1NC(=O)NC1=O. The van der Waals surface area contributed by atoms with Crippen molar-refractivity contribution in [2.24, 2.45) is 0 Å². The minimum Gasteiger partial charge on any atom is -0.495 e. The van der Waals surface area contributed by atoms with E-state index in [1.165, 1.54) is 7.11 Å². The minimum absolute atomic E-state index is 0.130. The Kier molecular flexibility index (Phi) is 3.88. The monoisotopic (exact) mass is 277 g/mol. The van der Waals surface area contributed by atoms with Crippen LogP contribution in [0.25, 0.3) is 0 Å². The van der Waals surface area contributed by atoms with Crippen LogP contribution in [0.1, 0.15) is 12.0 Å². The third-order valence-electron chi connectivity index (χ3n) is 2.88. The van der Waals surface area contributed by atoms with Crippen molar-refractivity contribution < 1.29 is 19.1 Å². The van der Waals surface area contributed by atoms with Crippen LogP contribution in [0.3, 0.4) is 0 Å². The van der Waals surface area contributed by atoms with E-state index in [4.69, 9.17) is 4.74 Å². The van der Waals surface area contributed by atoms with Gasteiger partial charge in [0.2, 0.25) is 5.91 Å². The highest BCUT2D eigenvalue weighted by atomic mass is 16.5. The van der Waals surface area contributed by atoms with Gasteiger partial charge in [-0.3, -0.25) is 14.9 Å². The largest absolute Gasteiger partial charge is 0.495 e. The fourth-order valence-electron chi connectivity index (χ4n) is 1.91. The van der Waals surface area contributed by atoms with Gasteiger partial charge >= 0.3 is 6.03 Å². The Morgan fingerprint density at radius 1 is 1.40 bits per heavy atom. The van der Waals surface area contributed by atoms with E-state index in [1.807, 2.05) is 13.0 Å². The Morgan fingerprint density at radius 2 is 2.15 bits per heavy atom. The molecular weight excluding hydrogens is 262 g/mol. The van der Waals surface area contributed by atoms with Crippen LogP contribution in [0.15, 0.2) is 18.2 Å². The number of nitrogens with one attached hydrogen (secondary N) is 3. The fourth-order valence-corrected chi connectivity index (χ4v) is 1.91. The first-order valence-electron chi connectivity index (χ1n) is 6.05. The van der Waals surface area contributed by atoms with E-state index in [9.17, 15) is 14.4 Å². The number of rotatable bonds is 4. The molecule has 1 saturated heterocycles. The number of methoxy groups -OCH3 is 1. The maximum absolute atomic E-state index is 11.9. The molecule has 1 aliphatic heterocycles. The van der Waals surface area contributed by atoms with Crippen molar-refractivity contribution in [3.63, 3.8) is 0 Å². The van der Waals surface area contributed by atoms with Gasteiger partial charge in [-0.1, -0.05) is 6.07 Å². The maximum atomic E-state index is 11.9. The van der Waals surface area contributed by atoms with Crippen molar-refractivity contribution >= 4 is 23.5 Å². The lowest BCUT2D eigenvalue weighted by molar-refractivity contribution is -0.124. The summed E-state index contributed by atoms with van der Waals surface area (Å²) in [4.78, 5) is 34.2. The predicted octanol–water partition coefficient (Wildman–Crippen LogP) is 0.540. The molecule has 1 heterocycles. The smallest absolute Gasteiger partial charge is 0.322 e. The van der Waals surface area contributed by atoms with Gasteiger partial charge in [-0.15, -0.1) is 0 Å². The summed E-state index contributed by atoms with van der Waals surface area (Å²) in [7, 11) is 1.50. The number of urea groups is 1. The number of aryl methyl sites for hydroxylation is 1. The first kappa shape index (κ1) is 13.9. The second-order valence-corrected chi connectivity index (χ2v) is 4.47. The highest BCUT2D eigenvalue weighted by molar-refractivity contribution is 6.07. The zero-order valence-electron chi connectivity index (χ0n) is 11.1. The van der Waals surface area contributed by atoms with Crippen LogP contribution in [-0.2, 0) is 9.59 Å². The van der Waals surface area contributed by atoms with Crippen LogP contribution in [0.5, 0.6) is 5.75 Å². The molecule has 0 bridgehead atoms. The molecule has 0 aromatic heterocycles. The molecular formula is C13H15N3O4. The second-order valence-electron chi connectivity index (χ2n) is 4.47. The number of anilines is 1. The van der Waals surface area contributed by atoms with Crippen molar-refractivity contribution in [2.45, 2.75) is 19.4 Å². The van der Waals surface area contributed by atoms with E-state index in [1.54, 1.807) is 12.1 Å². The average molecular weight is 277 g/mol. The summed E-state index contributed by atoms with van der Waals surface area (Å²) in [5.41, 5.74) is 1.50. The standard InChI is InChI=1S/C13H15N3O4/c1-7-3-4-10(20-2)8(5-7)14-11(17)6-9-12(18)16-13(19)15-9/h3-5,9H,6H2,1-2H3,(H,14,17)(H2,15,16,18,19). The molecule has 0 radical (unpaired) electrons. The van der Waals surface area contributed by atoms with Gasteiger partial charge in [-0.05, 0) is 24.6 Å². The van der Waals surface area contributed by atoms with Crippen molar-refractivity contribution in [2.75, 3.05) is 12.4 Å². The fraction of sp³-hybridized carbons (Fsp3) is 0.308. The van der Waals surface area contributed by atoms with Crippen molar-refractivity contribution in [3.05, 3.63) is 23.8 Å². The number of hydrogen-bond acceptors (Lipinski definition) is 4. The zero-order valence-corrected chi connectivity index (χ0v) is 11.1. The molecule has 106 valence electrons. The molecule has 4 amide bonds. The third kappa shape index (κ3) is 3.05. The molecule has 1 aromatic rings. The molecule has 1 aromatic carbocycles. The normalized spacial score (nSPS) is 17.4. The summed E-state index contributed by atoms with van der Waals surface area (Å²) in [5, 5.41) is 7.11. The zero-order chi connectivity index (χ0) is 14.7. The topological polar surface area (TPSA) is 96.5 Å². The van der Waals surface area contributed by atoms with Crippen LogP contribution in [0.2, 0.25) is 0 Å². The van der Waals surface area contributed by atoms with Gasteiger partial charge in [0, 0.05) is 0 Å². The first-order chi connectivity index (χ1) is 9.49. The van der Waals surface area contributed by atoms with Crippen molar-refractivity contribution in [1.82, 2.24) is 10.6 Å². The molecule has 0 saturated carbocycles. The third-order valence-corrected chi connectivity index (χ3v) is 2.88. The highest BCUT2D eigenvalue weighted by Gasteiger charge is 2.31. The van der Waals surface area contributed by atoms with Gasteiger partial charge in [-0.2, -0.15) is 0 Å². The molecule has 1 fully saturated rings. The van der Waals surface area contributed by atoms with E-state index in [2.05, 4.69) is 16.0 Å². The van der Waals surface area contributed by atoms with Gasteiger partial charge in [0.05, 0.1) is 19.2 Å². The number of hydrogen-bond donors (Lipinski definition) is 3. The maximum Gasteiger partial charge on any atom is 0.322 e. The van der Waals surface area contributed by atoms with Gasteiger partial charge in [0.1, 0.15) is 11.8 Å². The van der Waals surface area contributed by atoms with E-state index < -0.39 is 18.0 Å². The molecule has 1 aliphatic rings. The summed E-state index contributed by atoms with van der Waals surface area (Å²) in [6, 6.07) is 3.96. The summed E-state index contributed by atoms with van der Waals surface area (Å²) >= 11 is 0. The molecule has 7 nitrogen and oxygen atoms in total. The average Bonchev–Trinajstić information content (AvgIpc) is 2.68. The molecule has 0 spiro atoms. The number of ether oxygens (including phenoxy) is 1. The lowest BCUT2D eigenvalue weighted by Gasteiger charge is -2.12. The van der Waals surface area contributed by atoms with E-state index >= 15 is 0 Å². The Morgan fingerprint density at radius 3 is 2.75 bits per heavy atom. The molecule has 1 atom stereocenters. The van der Waals surface area contributed by atoms with Gasteiger partial charge in [0.15, 0.2) is 0 Å². The second kappa shape index (κ2) is 5.60. The number of carbonyl (C=O) groups is 3. The minimum atomic E-state index is -0.835. The van der Waals surface area contributed by atoms with Crippen LogP contribution in [0, 0.1) is 6.92 Å². The Labute approximate surface area is 115 Å². The van der Waals surface area contributed by atoms with Crippen LogP contribution < -0.4 is 20.7 Å². The quantitative estimate of drug-likeness (QED) is 0.700. The highest BCUT2D eigenvalue weighted by Crippen LogP contribution is 2.25. The summed E-state index contributed by atoms with van der Waals surface area (Å²) in [5.74, 6) is -0.346. The Hall–Kier alpha value is -2.57. The Bertz CT molecular complexity index is 571.